The van der Waals surface area contributed by atoms with Crippen LogP contribution in [0.5, 0.6) is 0 Å². The predicted octanol–water partition coefficient (Wildman–Crippen LogP) is 3.82. The summed E-state index contributed by atoms with van der Waals surface area (Å²) in [5, 5.41) is 0. The molecule has 0 amide bonds. The van der Waals surface area contributed by atoms with Crippen molar-refractivity contribution < 1.29 is 8.78 Å². The summed E-state index contributed by atoms with van der Waals surface area (Å²) in [4.78, 5) is 6.18. The molecule has 0 bridgehead atoms. The van der Waals surface area contributed by atoms with E-state index in [1.807, 2.05) is 17.2 Å². The van der Waals surface area contributed by atoms with E-state index in [0.717, 1.165) is 25.6 Å². The van der Waals surface area contributed by atoms with E-state index in [-0.39, 0.29) is 0 Å². The Morgan fingerprint density at radius 2 is 2.00 bits per heavy atom. The maximum atomic E-state index is 13.8. The van der Waals surface area contributed by atoms with Crippen LogP contribution in [0.2, 0.25) is 0 Å². The van der Waals surface area contributed by atoms with Gasteiger partial charge in [-0.1, -0.05) is 6.07 Å². The summed E-state index contributed by atoms with van der Waals surface area (Å²) in [6.07, 6.45) is 7.21. The lowest BCUT2D eigenvalue weighted by Gasteiger charge is -2.60. The molecular formula is C18H18F2N2. The molecule has 2 aromatic rings. The zero-order chi connectivity index (χ0) is 15.2. The number of anilines is 1. The van der Waals surface area contributed by atoms with Crippen LogP contribution in [0.25, 0.3) is 0 Å². The molecule has 0 N–H and O–H groups in total. The molecule has 0 radical (unpaired) electrons. The summed E-state index contributed by atoms with van der Waals surface area (Å²) in [6.45, 7) is 1.78. The standard InChI is InChI=1S/C18H18F2N2/c19-15-3-4-17(16(20)7-15)22-11-18(12-22)8-14(9-18)6-13-2-1-5-21-10-13/h1-5,7,10,14H,6,8-9,11-12H2. The van der Waals surface area contributed by atoms with Crippen LogP contribution in [0.3, 0.4) is 0 Å². The maximum absolute atomic E-state index is 13.8. The van der Waals surface area contributed by atoms with Crippen LogP contribution in [-0.2, 0) is 6.42 Å². The molecule has 114 valence electrons. The first-order chi connectivity index (χ1) is 10.6. The van der Waals surface area contributed by atoms with Gasteiger partial charge in [-0.3, -0.25) is 4.98 Å². The molecule has 1 aromatic heterocycles. The topological polar surface area (TPSA) is 16.1 Å². The molecule has 2 heterocycles. The zero-order valence-corrected chi connectivity index (χ0v) is 12.3. The third-order valence-electron chi connectivity index (χ3n) is 4.99. The number of halogens is 2. The fraction of sp³-hybridized carbons (Fsp3) is 0.389. The van der Waals surface area contributed by atoms with Crippen LogP contribution in [0.4, 0.5) is 14.5 Å². The predicted molar refractivity (Wildman–Crippen MR) is 81.7 cm³/mol. The Hall–Kier alpha value is -1.97. The van der Waals surface area contributed by atoms with Gasteiger partial charge >= 0.3 is 0 Å². The van der Waals surface area contributed by atoms with E-state index in [2.05, 4.69) is 11.1 Å². The van der Waals surface area contributed by atoms with Gasteiger partial charge in [-0.05, 0) is 48.9 Å². The highest BCUT2D eigenvalue weighted by Gasteiger charge is 2.52. The minimum atomic E-state index is -0.517. The van der Waals surface area contributed by atoms with Crippen molar-refractivity contribution in [2.24, 2.45) is 11.3 Å². The maximum Gasteiger partial charge on any atom is 0.149 e. The zero-order valence-electron chi connectivity index (χ0n) is 12.3. The molecule has 1 spiro atoms. The van der Waals surface area contributed by atoms with E-state index in [9.17, 15) is 8.78 Å². The van der Waals surface area contributed by atoms with Crippen LogP contribution in [0, 0.1) is 23.0 Å². The number of rotatable bonds is 3. The van der Waals surface area contributed by atoms with E-state index in [1.165, 1.54) is 24.5 Å². The normalized spacial score (nSPS) is 19.8. The third kappa shape index (κ3) is 2.36. The van der Waals surface area contributed by atoms with Crippen LogP contribution < -0.4 is 4.90 Å². The van der Waals surface area contributed by atoms with Gasteiger partial charge in [0.05, 0.1) is 5.69 Å². The number of pyridine rings is 1. The Morgan fingerprint density at radius 1 is 1.18 bits per heavy atom. The van der Waals surface area contributed by atoms with Crippen LogP contribution in [0.1, 0.15) is 18.4 Å². The molecule has 1 aromatic carbocycles. The van der Waals surface area contributed by atoms with E-state index in [4.69, 9.17) is 0 Å². The van der Waals surface area contributed by atoms with Crippen molar-refractivity contribution in [2.45, 2.75) is 19.3 Å². The monoisotopic (exact) mass is 300 g/mol. The lowest BCUT2D eigenvalue weighted by atomic mass is 9.56. The molecule has 2 nitrogen and oxygen atoms in total. The molecule has 0 atom stereocenters. The molecule has 1 aliphatic carbocycles. The van der Waals surface area contributed by atoms with E-state index in [0.29, 0.717) is 17.0 Å². The summed E-state index contributed by atoms with van der Waals surface area (Å²) in [7, 11) is 0. The van der Waals surface area contributed by atoms with E-state index < -0.39 is 11.6 Å². The second kappa shape index (κ2) is 5.04. The third-order valence-corrected chi connectivity index (χ3v) is 4.99. The summed E-state index contributed by atoms with van der Waals surface area (Å²) < 4.78 is 26.7. The molecule has 2 fully saturated rings. The van der Waals surface area contributed by atoms with Gasteiger partial charge in [0.1, 0.15) is 11.6 Å². The van der Waals surface area contributed by atoms with Crippen molar-refractivity contribution in [1.82, 2.24) is 4.98 Å². The fourth-order valence-electron chi connectivity index (χ4n) is 4.09. The van der Waals surface area contributed by atoms with Crippen molar-refractivity contribution in [3.63, 3.8) is 0 Å². The minimum Gasteiger partial charge on any atom is -0.368 e. The molecule has 2 aliphatic rings. The summed E-state index contributed by atoms with van der Waals surface area (Å²) >= 11 is 0. The lowest BCUT2D eigenvalue weighted by molar-refractivity contribution is 0.0236. The number of aromatic nitrogens is 1. The highest BCUT2D eigenvalue weighted by molar-refractivity contribution is 5.51. The van der Waals surface area contributed by atoms with Crippen molar-refractivity contribution in [1.29, 1.82) is 0 Å². The van der Waals surface area contributed by atoms with Gasteiger partial charge in [-0.15, -0.1) is 0 Å². The van der Waals surface area contributed by atoms with Gasteiger partial charge in [0.2, 0.25) is 0 Å². The number of hydrogen-bond acceptors (Lipinski definition) is 2. The Bertz CT molecular complexity index is 673. The smallest absolute Gasteiger partial charge is 0.149 e. The largest absolute Gasteiger partial charge is 0.368 e. The van der Waals surface area contributed by atoms with Crippen molar-refractivity contribution in [3.05, 3.63) is 59.9 Å². The number of hydrogen-bond donors (Lipinski definition) is 0. The molecule has 1 aliphatic heterocycles. The molecule has 22 heavy (non-hydrogen) atoms. The molecular weight excluding hydrogens is 282 g/mol. The second-order valence-corrected chi connectivity index (χ2v) is 6.79. The summed E-state index contributed by atoms with van der Waals surface area (Å²) in [5.41, 5.74) is 2.18. The van der Waals surface area contributed by atoms with E-state index in [1.54, 1.807) is 12.3 Å². The van der Waals surface area contributed by atoms with Gasteiger partial charge in [0.25, 0.3) is 0 Å². The number of nitrogens with zero attached hydrogens (tertiary/aromatic N) is 2. The Kier molecular flexibility index (Phi) is 3.13. The molecule has 4 rings (SSSR count). The quantitative estimate of drug-likeness (QED) is 0.856. The van der Waals surface area contributed by atoms with Crippen LogP contribution in [0.15, 0.2) is 42.7 Å². The minimum absolute atomic E-state index is 0.355. The Balaban J connectivity index is 1.33. The average Bonchev–Trinajstić information content (AvgIpc) is 2.42. The first kappa shape index (κ1) is 13.7. The van der Waals surface area contributed by atoms with Crippen LogP contribution >= 0.6 is 0 Å². The fourth-order valence-corrected chi connectivity index (χ4v) is 4.09. The SMILES string of the molecule is Fc1ccc(N2CC3(CC(Cc4cccnc4)C3)C2)c(F)c1. The molecule has 1 saturated carbocycles. The molecule has 4 heteroatoms. The van der Waals surface area contributed by atoms with E-state index >= 15 is 0 Å². The van der Waals surface area contributed by atoms with Gasteiger partial charge in [0, 0.05) is 37.0 Å². The highest BCUT2D eigenvalue weighted by atomic mass is 19.1. The molecule has 1 saturated heterocycles. The first-order valence-electron chi connectivity index (χ1n) is 7.72. The van der Waals surface area contributed by atoms with Crippen molar-refractivity contribution in [3.8, 4) is 0 Å². The number of benzene rings is 1. The summed E-state index contributed by atoms with van der Waals surface area (Å²) in [5.74, 6) is -0.262. The van der Waals surface area contributed by atoms with Gasteiger partial charge in [-0.25, -0.2) is 8.78 Å². The Labute approximate surface area is 128 Å². The van der Waals surface area contributed by atoms with Crippen LogP contribution in [-0.4, -0.2) is 18.1 Å². The van der Waals surface area contributed by atoms with Gasteiger partial charge in [0.15, 0.2) is 0 Å². The van der Waals surface area contributed by atoms with Gasteiger partial charge < -0.3 is 4.90 Å². The summed E-state index contributed by atoms with van der Waals surface area (Å²) in [6, 6.07) is 7.94. The lowest BCUT2D eigenvalue weighted by Crippen LogP contribution is -2.62. The van der Waals surface area contributed by atoms with Gasteiger partial charge in [-0.2, -0.15) is 0 Å². The average molecular weight is 300 g/mol. The van der Waals surface area contributed by atoms with Crippen molar-refractivity contribution >= 4 is 5.69 Å². The first-order valence-corrected chi connectivity index (χ1v) is 7.72. The van der Waals surface area contributed by atoms with Crippen molar-refractivity contribution in [2.75, 3.05) is 18.0 Å². The Morgan fingerprint density at radius 3 is 2.68 bits per heavy atom. The second-order valence-electron chi connectivity index (χ2n) is 6.79. The molecule has 0 unspecified atom stereocenters. The highest BCUT2D eigenvalue weighted by Crippen LogP contribution is 2.53.